The Morgan fingerprint density at radius 3 is 2.00 bits per heavy atom. The molecular formula is C16H23NO4. The lowest BCUT2D eigenvalue weighted by molar-refractivity contribution is -0.143. The van der Waals surface area contributed by atoms with Crippen molar-refractivity contribution in [3.05, 3.63) is 23.8 Å². The van der Waals surface area contributed by atoms with Crippen LogP contribution in [0.3, 0.4) is 0 Å². The zero-order valence-electron chi connectivity index (χ0n) is 12.7. The number of hydrogen-bond acceptors (Lipinski definition) is 4. The second kappa shape index (κ2) is 7.31. The molecule has 5 heteroatoms. The van der Waals surface area contributed by atoms with E-state index in [0.29, 0.717) is 17.1 Å². The van der Waals surface area contributed by atoms with Crippen molar-refractivity contribution in [2.45, 2.75) is 31.7 Å². The number of ether oxygens (including phenoxy) is 2. The van der Waals surface area contributed by atoms with Gasteiger partial charge in [0.1, 0.15) is 17.5 Å². The Hall–Kier alpha value is -1.75. The van der Waals surface area contributed by atoms with Crippen LogP contribution >= 0.6 is 0 Å². The number of carboxylic acid groups (broad SMARTS) is 1. The summed E-state index contributed by atoms with van der Waals surface area (Å²) >= 11 is 0. The third-order valence-electron chi connectivity index (χ3n) is 3.93. The summed E-state index contributed by atoms with van der Waals surface area (Å²) < 4.78 is 10.5. The Balaban J connectivity index is 2.34. The molecule has 0 radical (unpaired) electrons. The molecule has 1 unspecified atom stereocenters. The first-order chi connectivity index (χ1) is 10.2. The molecule has 0 amide bonds. The fraction of sp³-hybridized carbons (Fsp3) is 0.562. The van der Waals surface area contributed by atoms with E-state index in [0.717, 1.165) is 25.9 Å². The Kier molecular flexibility index (Phi) is 5.44. The fourth-order valence-corrected chi connectivity index (χ4v) is 2.85. The number of hydrogen-bond donors (Lipinski definition) is 1. The molecule has 0 spiro atoms. The van der Waals surface area contributed by atoms with Crippen molar-refractivity contribution in [2.75, 3.05) is 27.3 Å². The first-order valence-electron chi connectivity index (χ1n) is 7.35. The van der Waals surface area contributed by atoms with E-state index in [4.69, 9.17) is 9.47 Å². The molecule has 1 aromatic carbocycles. The van der Waals surface area contributed by atoms with Gasteiger partial charge in [-0.15, -0.1) is 0 Å². The van der Waals surface area contributed by atoms with Gasteiger partial charge in [-0.05, 0) is 43.6 Å². The lowest BCUT2D eigenvalue weighted by Crippen LogP contribution is -2.34. The third-order valence-corrected chi connectivity index (χ3v) is 3.93. The maximum absolute atomic E-state index is 11.8. The molecule has 1 aromatic rings. The SMILES string of the molecule is COc1cc(OC)cc(C(C(=O)O)N2CCCCCC2)c1. The second-order valence-electron chi connectivity index (χ2n) is 5.34. The maximum atomic E-state index is 11.8. The van der Waals surface area contributed by atoms with Crippen molar-refractivity contribution in [1.82, 2.24) is 4.90 Å². The molecule has 116 valence electrons. The van der Waals surface area contributed by atoms with Crippen LogP contribution in [-0.4, -0.2) is 43.3 Å². The average molecular weight is 293 g/mol. The van der Waals surface area contributed by atoms with Crippen molar-refractivity contribution in [1.29, 1.82) is 0 Å². The van der Waals surface area contributed by atoms with E-state index in [9.17, 15) is 9.90 Å². The van der Waals surface area contributed by atoms with E-state index in [1.807, 2.05) is 4.90 Å². The summed E-state index contributed by atoms with van der Waals surface area (Å²) in [7, 11) is 3.14. The predicted molar refractivity (Wildman–Crippen MR) is 80.0 cm³/mol. The Morgan fingerprint density at radius 2 is 1.57 bits per heavy atom. The summed E-state index contributed by atoms with van der Waals surface area (Å²) in [5.74, 6) is 0.406. The van der Waals surface area contributed by atoms with Crippen LogP contribution in [0.15, 0.2) is 18.2 Å². The summed E-state index contributed by atoms with van der Waals surface area (Å²) in [6.07, 6.45) is 4.43. The predicted octanol–water partition coefficient (Wildman–Crippen LogP) is 2.71. The van der Waals surface area contributed by atoms with E-state index in [1.165, 1.54) is 12.8 Å². The summed E-state index contributed by atoms with van der Waals surface area (Å²) in [6, 6.07) is 4.68. The first kappa shape index (κ1) is 15.6. The molecule has 1 saturated heterocycles. The highest BCUT2D eigenvalue weighted by molar-refractivity contribution is 5.76. The summed E-state index contributed by atoms with van der Waals surface area (Å²) in [4.78, 5) is 13.8. The molecule has 5 nitrogen and oxygen atoms in total. The summed E-state index contributed by atoms with van der Waals surface area (Å²) in [5, 5.41) is 9.67. The van der Waals surface area contributed by atoms with Gasteiger partial charge < -0.3 is 14.6 Å². The number of likely N-dealkylation sites (tertiary alicyclic amines) is 1. The highest BCUT2D eigenvalue weighted by Gasteiger charge is 2.28. The molecule has 1 fully saturated rings. The summed E-state index contributed by atoms with van der Waals surface area (Å²) in [6.45, 7) is 1.63. The number of aliphatic carboxylic acids is 1. The number of benzene rings is 1. The van der Waals surface area contributed by atoms with Gasteiger partial charge in [0.2, 0.25) is 0 Å². The molecule has 1 atom stereocenters. The first-order valence-corrected chi connectivity index (χ1v) is 7.35. The minimum absolute atomic E-state index is 0.616. The number of rotatable bonds is 5. The van der Waals surface area contributed by atoms with Crippen molar-refractivity contribution < 1.29 is 19.4 Å². The van der Waals surface area contributed by atoms with Crippen molar-refractivity contribution in [3.63, 3.8) is 0 Å². The zero-order valence-corrected chi connectivity index (χ0v) is 12.7. The molecule has 0 aliphatic carbocycles. The minimum Gasteiger partial charge on any atom is -0.497 e. The van der Waals surface area contributed by atoms with Crippen LogP contribution in [-0.2, 0) is 4.79 Å². The smallest absolute Gasteiger partial charge is 0.325 e. The van der Waals surface area contributed by atoms with E-state index >= 15 is 0 Å². The lowest BCUT2D eigenvalue weighted by atomic mass is 10.0. The summed E-state index contributed by atoms with van der Waals surface area (Å²) in [5.41, 5.74) is 0.709. The standard InChI is InChI=1S/C16H23NO4/c1-20-13-9-12(10-14(11-13)21-2)15(16(18)19)17-7-5-3-4-6-8-17/h9-11,15H,3-8H2,1-2H3,(H,18,19). The second-order valence-corrected chi connectivity index (χ2v) is 5.34. The van der Waals surface area contributed by atoms with Crippen LogP contribution in [0.25, 0.3) is 0 Å². The van der Waals surface area contributed by atoms with Gasteiger partial charge in [-0.3, -0.25) is 9.69 Å². The third kappa shape index (κ3) is 3.88. The van der Waals surface area contributed by atoms with Gasteiger partial charge in [-0.2, -0.15) is 0 Å². The maximum Gasteiger partial charge on any atom is 0.325 e. The Morgan fingerprint density at radius 1 is 1.05 bits per heavy atom. The van der Waals surface area contributed by atoms with Crippen molar-refractivity contribution in [2.24, 2.45) is 0 Å². The molecule has 21 heavy (non-hydrogen) atoms. The molecule has 0 bridgehead atoms. The molecule has 0 saturated carbocycles. The molecule has 1 N–H and O–H groups in total. The van der Waals surface area contributed by atoms with Crippen molar-refractivity contribution in [3.8, 4) is 11.5 Å². The zero-order chi connectivity index (χ0) is 15.2. The Labute approximate surface area is 125 Å². The van der Waals surface area contributed by atoms with E-state index in [-0.39, 0.29) is 0 Å². The van der Waals surface area contributed by atoms with Crippen LogP contribution < -0.4 is 9.47 Å². The highest BCUT2D eigenvalue weighted by atomic mass is 16.5. The molecule has 2 rings (SSSR count). The van der Waals surface area contributed by atoms with Gasteiger partial charge in [0.25, 0.3) is 0 Å². The number of methoxy groups -OCH3 is 2. The molecule has 1 heterocycles. The monoisotopic (exact) mass is 293 g/mol. The van der Waals surface area contributed by atoms with E-state index in [2.05, 4.69) is 0 Å². The average Bonchev–Trinajstić information content (AvgIpc) is 2.75. The van der Waals surface area contributed by atoms with Crippen LogP contribution in [0.4, 0.5) is 0 Å². The van der Waals surface area contributed by atoms with Gasteiger partial charge in [-0.25, -0.2) is 0 Å². The largest absolute Gasteiger partial charge is 0.497 e. The number of carbonyl (C=O) groups is 1. The minimum atomic E-state index is -0.827. The van der Waals surface area contributed by atoms with E-state index in [1.54, 1.807) is 32.4 Å². The quantitative estimate of drug-likeness (QED) is 0.904. The Bertz CT molecular complexity index is 459. The molecule has 0 aromatic heterocycles. The van der Waals surface area contributed by atoms with Gasteiger partial charge in [-0.1, -0.05) is 12.8 Å². The van der Waals surface area contributed by atoms with Crippen molar-refractivity contribution >= 4 is 5.97 Å². The van der Waals surface area contributed by atoms with Gasteiger partial charge >= 0.3 is 5.97 Å². The lowest BCUT2D eigenvalue weighted by Gasteiger charge is -2.28. The molecule has 1 aliphatic rings. The number of nitrogens with zero attached hydrogens (tertiary/aromatic N) is 1. The normalized spacial score (nSPS) is 17.8. The highest BCUT2D eigenvalue weighted by Crippen LogP contribution is 2.31. The van der Waals surface area contributed by atoms with Crippen LogP contribution in [0.1, 0.15) is 37.3 Å². The molecular weight excluding hydrogens is 270 g/mol. The fourth-order valence-electron chi connectivity index (χ4n) is 2.85. The van der Waals surface area contributed by atoms with Gasteiger partial charge in [0.05, 0.1) is 14.2 Å². The van der Waals surface area contributed by atoms with Crippen LogP contribution in [0, 0.1) is 0 Å². The van der Waals surface area contributed by atoms with E-state index < -0.39 is 12.0 Å². The van der Waals surface area contributed by atoms with Gasteiger partial charge in [0, 0.05) is 6.07 Å². The van der Waals surface area contributed by atoms with Crippen LogP contribution in [0.5, 0.6) is 11.5 Å². The molecule has 1 aliphatic heterocycles. The van der Waals surface area contributed by atoms with Crippen LogP contribution in [0.2, 0.25) is 0 Å². The van der Waals surface area contributed by atoms with Gasteiger partial charge in [0.15, 0.2) is 0 Å². The topological polar surface area (TPSA) is 59.0 Å². The number of carboxylic acids is 1.